The van der Waals surface area contributed by atoms with Gasteiger partial charge in [-0.05, 0) is 49.6 Å². The number of halogens is 1. The topological polar surface area (TPSA) is 64.4 Å². The molecule has 26 heavy (non-hydrogen) atoms. The number of hydrogen-bond acceptors (Lipinski definition) is 4. The molecule has 0 aliphatic carbocycles. The van der Waals surface area contributed by atoms with Crippen LogP contribution in [0.1, 0.15) is 24.8 Å². The third kappa shape index (κ3) is 2.61. The average Bonchev–Trinajstić information content (AvgIpc) is 2.67. The van der Waals surface area contributed by atoms with Crippen molar-refractivity contribution in [2.24, 2.45) is 0 Å². The minimum Gasteiger partial charge on any atom is -0.365 e. The highest BCUT2D eigenvalue weighted by Crippen LogP contribution is 2.41. The van der Waals surface area contributed by atoms with Gasteiger partial charge < -0.3 is 4.90 Å². The Hall–Kier alpha value is -2.59. The van der Waals surface area contributed by atoms with E-state index in [0.29, 0.717) is 12.2 Å². The molecule has 0 spiro atoms. The first-order chi connectivity index (χ1) is 12.5. The Balaban J connectivity index is 1.81. The molecule has 2 aromatic rings. The number of fused-ring (bicyclic) bond motifs is 3. The van der Waals surface area contributed by atoms with E-state index in [1.807, 2.05) is 18.2 Å². The van der Waals surface area contributed by atoms with Crippen molar-refractivity contribution in [1.29, 1.82) is 5.26 Å². The van der Waals surface area contributed by atoms with Crippen LogP contribution in [0.2, 0.25) is 0 Å². The van der Waals surface area contributed by atoms with E-state index < -0.39 is 15.8 Å². The zero-order chi connectivity index (χ0) is 18.3. The van der Waals surface area contributed by atoms with Gasteiger partial charge in [0.1, 0.15) is 11.9 Å². The summed E-state index contributed by atoms with van der Waals surface area (Å²) >= 11 is 0. The number of sulfonamides is 1. The molecular formula is C19H18FN3O2S. The summed E-state index contributed by atoms with van der Waals surface area (Å²) in [4.78, 5) is 2.15. The summed E-state index contributed by atoms with van der Waals surface area (Å²) < 4.78 is 41.9. The minimum atomic E-state index is -3.92. The molecule has 0 bridgehead atoms. The lowest BCUT2D eigenvalue weighted by Gasteiger charge is -2.46. The van der Waals surface area contributed by atoms with Gasteiger partial charge in [-0.15, -0.1) is 0 Å². The van der Waals surface area contributed by atoms with Gasteiger partial charge in [0.2, 0.25) is 0 Å². The molecule has 1 atom stereocenters. The van der Waals surface area contributed by atoms with Gasteiger partial charge in [-0.1, -0.05) is 12.1 Å². The van der Waals surface area contributed by atoms with E-state index in [1.165, 1.54) is 16.4 Å². The fraction of sp³-hybridized carbons (Fsp3) is 0.316. The second kappa shape index (κ2) is 6.29. The van der Waals surface area contributed by atoms with Crippen LogP contribution in [0.5, 0.6) is 0 Å². The minimum absolute atomic E-state index is 0.122. The van der Waals surface area contributed by atoms with Crippen LogP contribution in [-0.4, -0.2) is 27.5 Å². The molecule has 0 amide bonds. The number of hydrogen-bond donors (Lipinski definition) is 0. The molecule has 0 aromatic heterocycles. The molecule has 0 N–H and O–H groups in total. The van der Waals surface area contributed by atoms with Crippen LogP contribution < -0.4 is 9.21 Å². The quantitative estimate of drug-likeness (QED) is 0.813. The predicted octanol–water partition coefficient (Wildman–Crippen LogP) is 3.27. The Labute approximate surface area is 152 Å². The molecule has 0 radical (unpaired) electrons. The SMILES string of the molecule is N#Cc1ccc(S(=O)(=O)N2CC3CCCCN3c3ccccc32)cc1F. The predicted molar refractivity (Wildman–Crippen MR) is 97.1 cm³/mol. The van der Waals surface area contributed by atoms with E-state index in [2.05, 4.69) is 4.90 Å². The van der Waals surface area contributed by atoms with Gasteiger partial charge >= 0.3 is 0 Å². The second-order valence-electron chi connectivity index (χ2n) is 6.62. The second-order valence-corrected chi connectivity index (χ2v) is 8.48. The molecule has 2 aliphatic rings. The molecule has 134 valence electrons. The van der Waals surface area contributed by atoms with Crippen LogP contribution in [0, 0.1) is 17.1 Å². The first kappa shape index (κ1) is 16.9. The van der Waals surface area contributed by atoms with Gasteiger partial charge in [-0.3, -0.25) is 4.31 Å². The van der Waals surface area contributed by atoms with Crippen LogP contribution in [-0.2, 0) is 10.0 Å². The van der Waals surface area contributed by atoms with Crippen LogP contribution in [0.15, 0.2) is 47.4 Å². The van der Waals surface area contributed by atoms with Crippen molar-refractivity contribution in [2.45, 2.75) is 30.2 Å². The first-order valence-electron chi connectivity index (χ1n) is 8.60. The summed E-state index contributed by atoms with van der Waals surface area (Å²) in [6, 6.07) is 12.7. The van der Waals surface area contributed by atoms with Crippen LogP contribution in [0.25, 0.3) is 0 Å². The molecule has 5 nitrogen and oxygen atoms in total. The molecule has 2 aliphatic heterocycles. The van der Waals surface area contributed by atoms with E-state index in [1.54, 1.807) is 12.1 Å². The van der Waals surface area contributed by atoms with Crippen molar-refractivity contribution in [1.82, 2.24) is 0 Å². The van der Waals surface area contributed by atoms with Crippen molar-refractivity contribution < 1.29 is 12.8 Å². The molecule has 1 fully saturated rings. The molecule has 4 rings (SSSR count). The van der Waals surface area contributed by atoms with E-state index in [9.17, 15) is 12.8 Å². The molecule has 0 saturated carbocycles. The maximum absolute atomic E-state index is 14.0. The maximum Gasteiger partial charge on any atom is 0.264 e. The molecule has 1 saturated heterocycles. The summed E-state index contributed by atoms with van der Waals surface area (Å²) in [6.45, 7) is 1.27. The first-order valence-corrected chi connectivity index (χ1v) is 10.0. The van der Waals surface area contributed by atoms with Crippen molar-refractivity contribution in [3.8, 4) is 6.07 Å². The molecular weight excluding hydrogens is 353 g/mol. The van der Waals surface area contributed by atoms with E-state index in [0.717, 1.165) is 37.6 Å². The van der Waals surface area contributed by atoms with Crippen LogP contribution in [0.4, 0.5) is 15.8 Å². The van der Waals surface area contributed by atoms with E-state index >= 15 is 0 Å². The third-order valence-electron chi connectivity index (χ3n) is 5.11. The van der Waals surface area contributed by atoms with E-state index in [-0.39, 0.29) is 16.5 Å². The Morgan fingerprint density at radius 2 is 1.88 bits per heavy atom. The Bertz CT molecular complexity index is 1000. The number of anilines is 2. The average molecular weight is 371 g/mol. The number of piperidine rings is 1. The number of nitriles is 1. The number of para-hydroxylation sites is 2. The summed E-state index contributed by atoms with van der Waals surface area (Å²) in [5.41, 5.74) is 1.36. The molecule has 2 aromatic carbocycles. The fourth-order valence-corrected chi connectivity index (χ4v) is 5.35. The normalized spacial score (nSPS) is 19.5. The summed E-state index contributed by atoms with van der Waals surface area (Å²) in [7, 11) is -3.92. The van der Waals surface area contributed by atoms with Crippen molar-refractivity contribution in [2.75, 3.05) is 22.3 Å². The maximum atomic E-state index is 14.0. The standard InChI is InChI=1S/C19H18FN3O2S/c20-17-11-16(9-8-14(17)12-21)26(24,25)23-13-15-5-3-4-10-22(15)18-6-1-2-7-19(18)23/h1-2,6-9,11,15H,3-5,10,13H2. The highest BCUT2D eigenvalue weighted by Gasteiger charge is 2.38. The van der Waals surface area contributed by atoms with Crippen molar-refractivity contribution in [3.63, 3.8) is 0 Å². The van der Waals surface area contributed by atoms with Crippen LogP contribution >= 0.6 is 0 Å². The Morgan fingerprint density at radius 1 is 1.12 bits per heavy atom. The van der Waals surface area contributed by atoms with Crippen molar-refractivity contribution in [3.05, 3.63) is 53.8 Å². The lowest BCUT2D eigenvalue weighted by molar-refractivity contribution is 0.454. The number of benzene rings is 2. The zero-order valence-corrected chi connectivity index (χ0v) is 14.9. The summed E-state index contributed by atoms with van der Waals surface area (Å²) in [5.74, 6) is -0.821. The third-order valence-corrected chi connectivity index (χ3v) is 6.89. The molecule has 1 unspecified atom stereocenters. The zero-order valence-electron chi connectivity index (χ0n) is 14.1. The smallest absolute Gasteiger partial charge is 0.264 e. The lowest BCUT2D eigenvalue weighted by atomic mass is 9.98. The molecule has 2 heterocycles. The van der Waals surface area contributed by atoms with Gasteiger partial charge in [0.25, 0.3) is 10.0 Å². The molecule has 7 heteroatoms. The Morgan fingerprint density at radius 3 is 2.62 bits per heavy atom. The lowest BCUT2D eigenvalue weighted by Crippen LogP contribution is -2.52. The fourth-order valence-electron chi connectivity index (χ4n) is 3.82. The van der Waals surface area contributed by atoms with Gasteiger partial charge in [0.05, 0.1) is 28.4 Å². The number of rotatable bonds is 2. The highest BCUT2D eigenvalue weighted by molar-refractivity contribution is 7.92. The number of nitrogens with zero attached hydrogens (tertiary/aromatic N) is 3. The van der Waals surface area contributed by atoms with Gasteiger partial charge in [0.15, 0.2) is 0 Å². The highest BCUT2D eigenvalue weighted by atomic mass is 32.2. The van der Waals surface area contributed by atoms with E-state index in [4.69, 9.17) is 5.26 Å². The monoisotopic (exact) mass is 371 g/mol. The van der Waals surface area contributed by atoms with Crippen molar-refractivity contribution >= 4 is 21.4 Å². The van der Waals surface area contributed by atoms with Crippen LogP contribution in [0.3, 0.4) is 0 Å². The van der Waals surface area contributed by atoms with Gasteiger partial charge in [-0.25, -0.2) is 12.8 Å². The van der Waals surface area contributed by atoms with Gasteiger partial charge in [0, 0.05) is 12.6 Å². The Kier molecular flexibility index (Phi) is 4.08. The largest absolute Gasteiger partial charge is 0.365 e. The summed E-state index contributed by atoms with van der Waals surface area (Å²) in [6.07, 6.45) is 3.10. The summed E-state index contributed by atoms with van der Waals surface area (Å²) in [5, 5.41) is 8.86. The van der Waals surface area contributed by atoms with Gasteiger partial charge in [-0.2, -0.15) is 5.26 Å².